The second kappa shape index (κ2) is 19.3. The van der Waals surface area contributed by atoms with E-state index in [1.54, 1.807) is 60.4 Å². The summed E-state index contributed by atoms with van der Waals surface area (Å²) in [6, 6.07) is 17.3. The third kappa shape index (κ3) is 8.74. The van der Waals surface area contributed by atoms with Gasteiger partial charge in [0.2, 0.25) is 17.3 Å². The van der Waals surface area contributed by atoms with Crippen LogP contribution in [0, 0.1) is 5.92 Å². The highest BCUT2D eigenvalue weighted by Gasteiger charge is 2.50. The molecule has 18 nitrogen and oxygen atoms in total. The summed E-state index contributed by atoms with van der Waals surface area (Å²) < 4.78 is 14.8. The third-order valence-electron chi connectivity index (χ3n) is 14.2. The molecule has 71 heavy (non-hydrogen) atoms. The Balaban J connectivity index is 0.836. The van der Waals surface area contributed by atoms with E-state index in [1.807, 2.05) is 45.0 Å². The van der Waals surface area contributed by atoms with Gasteiger partial charge >= 0.3 is 11.9 Å². The van der Waals surface area contributed by atoms with Crippen LogP contribution in [0.2, 0.25) is 0 Å². The molecule has 0 radical (unpaired) electrons. The van der Waals surface area contributed by atoms with Crippen molar-refractivity contribution in [1.29, 1.82) is 0 Å². The van der Waals surface area contributed by atoms with Crippen LogP contribution >= 0.6 is 0 Å². The first-order valence-electron chi connectivity index (χ1n) is 24.2. The molecular weight excluding hydrogens is 909 g/mol. The molecule has 3 aliphatic rings. The molecule has 18 heteroatoms. The number of esters is 2. The Kier molecular flexibility index (Phi) is 13.2. The molecule has 0 bridgehead atoms. The number of aryl methyl sites for hydroxylation is 1. The molecule has 0 spiro atoms. The quantitative estimate of drug-likeness (QED) is 0.0891. The summed E-state index contributed by atoms with van der Waals surface area (Å²) in [6.07, 6.45) is 1.67. The number of pyridine rings is 2. The van der Waals surface area contributed by atoms with Gasteiger partial charge in [0, 0.05) is 60.9 Å². The summed E-state index contributed by atoms with van der Waals surface area (Å²) >= 11 is 0. The average Bonchev–Trinajstić information content (AvgIpc) is 3.96. The summed E-state index contributed by atoms with van der Waals surface area (Å²) in [5, 5.41) is 43.7. The minimum atomic E-state index is -1.88. The van der Waals surface area contributed by atoms with Crippen LogP contribution in [0.3, 0.4) is 0 Å². The molecule has 3 aromatic heterocycles. The summed E-state index contributed by atoms with van der Waals surface area (Å²) in [4.78, 5) is 77.1. The van der Waals surface area contributed by atoms with E-state index in [0.29, 0.717) is 79.2 Å². The number of hydrogen-bond acceptors (Lipinski definition) is 14. The number of cyclic esters (lactones) is 1. The van der Waals surface area contributed by atoms with Gasteiger partial charge in [-0.25, -0.2) is 9.78 Å². The van der Waals surface area contributed by atoms with Crippen LogP contribution in [0.1, 0.15) is 110 Å². The first kappa shape index (κ1) is 48.4. The highest BCUT2D eigenvalue weighted by molar-refractivity contribution is 5.93. The van der Waals surface area contributed by atoms with Gasteiger partial charge in [0.05, 0.1) is 41.0 Å². The van der Waals surface area contributed by atoms with Gasteiger partial charge in [-0.3, -0.25) is 28.6 Å². The van der Waals surface area contributed by atoms with Crippen molar-refractivity contribution < 1.29 is 44.0 Å². The van der Waals surface area contributed by atoms with Crippen LogP contribution in [0.5, 0.6) is 17.2 Å². The van der Waals surface area contributed by atoms with Crippen LogP contribution in [-0.4, -0.2) is 106 Å². The van der Waals surface area contributed by atoms with Gasteiger partial charge in [0.25, 0.3) is 11.5 Å². The predicted octanol–water partition coefficient (Wildman–Crippen LogP) is 6.19. The lowest BCUT2D eigenvalue weighted by atomic mass is 9.85. The lowest BCUT2D eigenvalue weighted by Gasteiger charge is -2.36. The van der Waals surface area contributed by atoms with E-state index in [9.17, 15) is 39.3 Å². The zero-order valence-electron chi connectivity index (χ0n) is 40.7. The Morgan fingerprint density at radius 1 is 0.944 bits per heavy atom. The number of piperidine rings is 1. The predicted molar refractivity (Wildman–Crippen MR) is 262 cm³/mol. The van der Waals surface area contributed by atoms with Crippen molar-refractivity contribution in [3.63, 3.8) is 0 Å². The molecule has 0 aliphatic carbocycles. The number of amides is 2. The number of benzene rings is 3. The van der Waals surface area contributed by atoms with E-state index in [-0.39, 0.29) is 95.9 Å². The minimum absolute atomic E-state index is 0.00976. The second-order valence-electron chi connectivity index (χ2n) is 18.9. The molecular formula is C53H58N8O10. The topological polar surface area (TPSA) is 232 Å². The number of phenols is 3. The average molecular weight is 967 g/mol. The van der Waals surface area contributed by atoms with Crippen molar-refractivity contribution in [3.05, 3.63) is 110 Å². The molecule has 0 saturated carbocycles. The number of rotatable bonds is 14. The van der Waals surface area contributed by atoms with Crippen LogP contribution in [0.25, 0.3) is 39.4 Å². The fourth-order valence-corrected chi connectivity index (χ4v) is 10.3. The summed E-state index contributed by atoms with van der Waals surface area (Å²) in [5.41, 5.74) is 4.37. The SMILES string of the molecule is CCNC(=O)c1nnc(-c2cc(C(C)C)c(O)cc2O)n1-c1ccc(CN2CCC(C(=O)N(C)CCC(=O)OC3(CC)C(=O)OCc4c3cc3n(c4=O)Cc4c-3nc3ccc(O)cc3c4CC)CC2)cc1. The van der Waals surface area contributed by atoms with Crippen LogP contribution in [-0.2, 0) is 55.6 Å². The zero-order valence-corrected chi connectivity index (χ0v) is 40.7. The monoisotopic (exact) mass is 966 g/mol. The molecule has 3 aromatic carbocycles. The van der Waals surface area contributed by atoms with Gasteiger partial charge in [0.15, 0.2) is 5.82 Å². The summed E-state index contributed by atoms with van der Waals surface area (Å²) in [7, 11) is 1.65. The number of likely N-dealkylation sites (tertiary alicyclic amines) is 1. The third-order valence-corrected chi connectivity index (χ3v) is 14.2. The van der Waals surface area contributed by atoms with Crippen molar-refractivity contribution in [3.8, 4) is 45.7 Å². The molecule has 1 fully saturated rings. The highest BCUT2D eigenvalue weighted by atomic mass is 16.6. The number of hydrogen-bond donors (Lipinski definition) is 4. The maximum Gasteiger partial charge on any atom is 0.355 e. The van der Waals surface area contributed by atoms with Crippen LogP contribution in [0.4, 0.5) is 0 Å². The number of aromatic hydroxyl groups is 3. The number of aromatic nitrogens is 5. The maximum atomic E-state index is 14.1. The highest BCUT2D eigenvalue weighted by Crippen LogP contribution is 2.43. The van der Waals surface area contributed by atoms with Gasteiger partial charge in [-0.05, 0) is 111 Å². The number of carbonyl (C=O) groups is 4. The lowest BCUT2D eigenvalue weighted by molar-refractivity contribution is -0.189. The number of nitrogens with zero attached hydrogens (tertiary/aromatic N) is 7. The van der Waals surface area contributed by atoms with E-state index in [2.05, 4.69) is 20.4 Å². The fraction of sp³-hybridized carbons (Fsp3) is 0.396. The van der Waals surface area contributed by atoms with Crippen molar-refractivity contribution >= 4 is 34.7 Å². The Bertz CT molecular complexity index is 3170. The fourth-order valence-electron chi connectivity index (χ4n) is 10.3. The van der Waals surface area contributed by atoms with Crippen molar-refractivity contribution in [2.24, 2.45) is 5.92 Å². The Morgan fingerprint density at radius 2 is 1.69 bits per heavy atom. The van der Waals surface area contributed by atoms with Crippen molar-refractivity contribution in [1.82, 2.24) is 39.4 Å². The molecule has 2 amide bonds. The smallest absolute Gasteiger partial charge is 0.355 e. The van der Waals surface area contributed by atoms with E-state index in [0.717, 1.165) is 22.1 Å². The van der Waals surface area contributed by atoms with Crippen LogP contribution in [0.15, 0.2) is 65.5 Å². The number of nitrogens with one attached hydrogen (secondary N) is 1. The van der Waals surface area contributed by atoms with Gasteiger partial charge in [-0.2, -0.15) is 0 Å². The van der Waals surface area contributed by atoms with Crippen molar-refractivity contribution in [2.45, 2.75) is 97.9 Å². The van der Waals surface area contributed by atoms with E-state index >= 15 is 0 Å². The maximum absolute atomic E-state index is 14.1. The van der Waals surface area contributed by atoms with Gasteiger partial charge in [0.1, 0.15) is 23.9 Å². The molecule has 6 heterocycles. The van der Waals surface area contributed by atoms with Gasteiger partial charge in [-0.1, -0.05) is 39.8 Å². The Labute approximate surface area is 409 Å². The zero-order chi connectivity index (χ0) is 50.5. The molecule has 3 aliphatic heterocycles. The van der Waals surface area contributed by atoms with Gasteiger partial charge < -0.3 is 39.6 Å². The van der Waals surface area contributed by atoms with E-state index in [1.165, 1.54) is 11.0 Å². The molecule has 1 saturated heterocycles. The number of ether oxygens (including phenoxy) is 2. The van der Waals surface area contributed by atoms with E-state index < -0.39 is 23.4 Å². The van der Waals surface area contributed by atoms with Crippen LogP contribution < -0.4 is 10.9 Å². The summed E-state index contributed by atoms with van der Waals surface area (Å²) in [5.74, 6) is -2.16. The van der Waals surface area contributed by atoms with E-state index in [4.69, 9.17) is 14.5 Å². The standard InChI is InChI=1S/C53H58N8O10/c1-7-34-36-22-33(62)14-15-41(36)55-46-38(34)27-60-42(46)24-40-39(51(60)68)28-70-52(69)53(40,8-2)71-45(65)18-19-58(6)50(67)31-16-20-59(21-17-31)26-30-10-12-32(13-11-30)61-47(56-57-48(61)49(66)54-9-3)37-23-35(29(4)5)43(63)25-44(37)64/h10-15,22-25,29,31,62-64H,7-9,16-21,26-28H2,1-6H3,(H,54,66). The molecule has 1 atom stereocenters. The summed E-state index contributed by atoms with van der Waals surface area (Å²) in [6.45, 7) is 11.7. The molecule has 4 N–H and O–H groups in total. The first-order valence-corrected chi connectivity index (χ1v) is 24.2. The first-order chi connectivity index (χ1) is 34.1. The largest absolute Gasteiger partial charge is 0.508 e. The molecule has 370 valence electrons. The molecule has 9 rings (SSSR count). The molecule has 1 unspecified atom stereocenters. The molecule has 6 aromatic rings. The van der Waals surface area contributed by atoms with Gasteiger partial charge in [-0.15, -0.1) is 10.2 Å². The Morgan fingerprint density at radius 3 is 2.38 bits per heavy atom. The minimum Gasteiger partial charge on any atom is -0.508 e. The number of carbonyl (C=O) groups excluding carboxylic acids is 4. The second-order valence-corrected chi connectivity index (χ2v) is 18.9. The van der Waals surface area contributed by atoms with Crippen molar-refractivity contribution in [2.75, 3.05) is 33.2 Å². The normalized spacial score (nSPS) is 16.6. The number of fused-ring (bicyclic) bond motifs is 5. The number of phenolic OH excluding ortho intramolecular Hbond substituents is 3. The Hall–Kier alpha value is -7.60. The lowest BCUT2D eigenvalue weighted by Crippen LogP contribution is -2.48.